The maximum atomic E-state index is 7.17. The normalized spacial score (nSPS) is 12.1. The van der Waals surface area contributed by atoms with Gasteiger partial charge in [0.15, 0.2) is 34.5 Å². The highest BCUT2D eigenvalue weighted by Crippen LogP contribution is 2.50. The lowest BCUT2D eigenvalue weighted by atomic mass is 9.87. The van der Waals surface area contributed by atoms with Gasteiger partial charge in [-0.05, 0) is 212 Å². The average molecular weight is 1600 g/mol. The number of fused-ring (bicyclic) bond motifs is 12. The molecule has 0 saturated heterocycles. The van der Waals surface area contributed by atoms with Gasteiger partial charge in [-0.15, -0.1) is 68.0 Å². The van der Waals surface area contributed by atoms with Crippen molar-refractivity contribution in [2.75, 3.05) is 84.6 Å². The van der Waals surface area contributed by atoms with Gasteiger partial charge >= 0.3 is 0 Å². The van der Waals surface area contributed by atoms with Gasteiger partial charge in [0.25, 0.3) is 31.0 Å². The molecular formula is C78H102N6O6S12. The summed E-state index contributed by atoms with van der Waals surface area (Å²) >= 11 is 46.4. The second kappa shape index (κ2) is 32.5. The Kier molecular flexibility index (Phi) is 26.8. The Labute approximate surface area is 662 Å². The molecule has 7 rings (SSSR count). The molecule has 0 spiro atoms. The topological polar surface area (TPSA) is 74.8 Å². The fourth-order valence-corrected chi connectivity index (χ4v) is 16.8. The zero-order valence-electron chi connectivity index (χ0n) is 65.0. The molecule has 0 amide bonds. The smallest absolute Gasteiger partial charge is 0.264 e. The van der Waals surface area contributed by atoms with Crippen LogP contribution in [0.15, 0.2) is 72.8 Å². The largest absolute Gasteiger partial charge is 0.429 e. The van der Waals surface area contributed by atoms with E-state index in [1.165, 1.54) is 68.0 Å². The second-order valence-electron chi connectivity index (χ2n) is 32.5. The van der Waals surface area contributed by atoms with Crippen molar-refractivity contribution in [2.24, 2.45) is 0 Å². The zero-order chi connectivity index (χ0) is 76.8. The van der Waals surface area contributed by atoms with E-state index in [1.54, 1.807) is 29.4 Å². The molecule has 6 aromatic carbocycles. The van der Waals surface area contributed by atoms with Crippen LogP contribution < -0.4 is 28.4 Å². The van der Waals surface area contributed by atoms with Gasteiger partial charge in [0.1, 0.15) is 0 Å². The number of rotatable bonds is 6. The van der Waals surface area contributed by atoms with E-state index in [1.807, 2.05) is 84.6 Å². The molecule has 102 heavy (non-hydrogen) atoms. The number of nitrogens with zero attached hydrogens (tertiary/aromatic N) is 6. The summed E-state index contributed by atoms with van der Waals surface area (Å²) in [5.74, 6) is 3.20. The highest BCUT2D eigenvalue weighted by atomic mass is 32.1. The summed E-state index contributed by atoms with van der Waals surface area (Å²) < 4.78 is 52.3. The molecule has 12 nitrogen and oxygen atoms in total. The molecule has 12 bridgehead atoms. The fourth-order valence-electron chi connectivity index (χ4n) is 9.35. The second-order valence-corrected chi connectivity index (χ2v) is 41.1. The molecule has 1 aromatic heterocycles. The van der Waals surface area contributed by atoms with Crippen LogP contribution in [-0.4, -0.2) is 145 Å². The van der Waals surface area contributed by atoms with Gasteiger partial charge in [-0.3, -0.25) is 0 Å². The summed E-state index contributed by atoms with van der Waals surface area (Å²) in [4.78, 5) is 10.8. The molecule has 552 valence electrons. The molecule has 0 saturated carbocycles. The molecule has 0 radical (unpaired) electrons. The molecule has 0 unspecified atom stereocenters. The molecular weight excluding hydrogens is 1500 g/mol. The number of hydrogen-bond acceptors (Lipinski definition) is 18. The fraction of sp³-hybridized carbons (Fsp3) is 0.462. The van der Waals surface area contributed by atoms with Crippen molar-refractivity contribution in [1.29, 1.82) is 0 Å². The summed E-state index contributed by atoms with van der Waals surface area (Å²) in [5, 5.41) is 1.56. The highest BCUT2D eigenvalue weighted by Gasteiger charge is 2.28. The predicted molar refractivity (Wildman–Crippen MR) is 472 cm³/mol. The first-order valence-corrected chi connectivity index (χ1v) is 40.6. The lowest BCUT2D eigenvalue weighted by molar-refractivity contribution is 0.455. The van der Waals surface area contributed by atoms with Crippen molar-refractivity contribution in [3.63, 3.8) is 0 Å². The van der Waals surface area contributed by atoms with E-state index in [4.69, 9.17) is 102 Å². The van der Waals surface area contributed by atoms with Gasteiger partial charge in [0.2, 0.25) is 0 Å². The first kappa shape index (κ1) is 84.0. The molecule has 0 atom stereocenters. The van der Waals surface area contributed by atoms with E-state index >= 15 is 0 Å². The van der Waals surface area contributed by atoms with Crippen molar-refractivity contribution >= 4 is 229 Å². The van der Waals surface area contributed by atoms with Crippen LogP contribution >= 0.6 is 141 Å². The Morgan fingerprint density at radius 1 is 0.206 bits per heavy atom. The van der Waals surface area contributed by atoms with Crippen LogP contribution in [0.4, 0.5) is 0 Å². The van der Waals surface area contributed by atoms with Gasteiger partial charge in [-0.2, -0.15) is 0 Å². The molecule has 0 fully saturated rings. The van der Waals surface area contributed by atoms with Gasteiger partial charge in [-0.1, -0.05) is 125 Å². The molecule has 7 aromatic rings. The van der Waals surface area contributed by atoms with Gasteiger partial charge in [0.05, 0.1) is 56.4 Å². The van der Waals surface area contributed by atoms with Gasteiger partial charge in [0, 0.05) is 84.6 Å². The maximum Gasteiger partial charge on any atom is 0.264 e. The Bertz CT molecular complexity index is 3830. The summed E-state index contributed by atoms with van der Waals surface area (Å²) in [6.07, 6.45) is 0. The lowest BCUT2D eigenvalue weighted by Crippen LogP contribution is -2.25. The van der Waals surface area contributed by atoms with Crippen molar-refractivity contribution in [2.45, 2.75) is 157 Å². The first-order valence-electron chi connectivity index (χ1n) is 33.3. The third kappa shape index (κ3) is 21.1. The van der Waals surface area contributed by atoms with E-state index in [-0.39, 0.29) is 63.5 Å². The first-order chi connectivity index (χ1) is 46.7. The SMILES string of the molecule is CN(C)C(=S)Oc1c2cc(C(C)(C)C)cc1sc1cc(C(C)(C)C)cc(sc3cc(C(C)(C)C)cc(sc4cc(C(C)(C)C)cc(sc5cc(C(C)(C)C)cc(sc6cc(C(C)(C)C)cc(s2)c6OC(=S)N(C)C)c5OC(=S)N(C)C)c4OC(=S)N(C)C)c3OC(=S)N(C)C)c1OC(=S)N(C)C. The van der Waals surface area contributed by atoms with Crippen LogP contribution in [0.1, 0.15) is 158 Å². The van der Waals surface area contributed by atoms with E-state index < -0.39 is 0 Å². The monoisotopic (exact) mass is 1600 g/mol. The van der Waals surface area contributed by atoms with Crippen LogP contribution in [0.2, 0.25) is 0 Å². The summed E-state index contributed by atoms with van der Waals surface area (Å²) in [6, 6.07) is 26.6. The molecule has 0 aliphatic heterocycles. The van der Waals surface area contributed by atoms with Crippen molar-refractivity contribution < 1.29 is 28.4 Å². The van der Waals surface area contributed by atoms with E-state index in [0.717, 1.165) is 89.8 Å². The molecule has 0 N–H and O–H groups in total. The third-order valence-corrected chi connectivity index (χ3v) is 24.9. The standard InChI is InChI=1S/C78H102N6O6S12/c1-73(2,3)43-31-49-61(85-67(91)79(19)20)50(32-43)98-52-34-45(75(7,8)9)36-54(63(52)87-69(93)81(23)24)100-56-38-47(77(13,14)15)40-58(65(56)89-71(95)83(27)28)102-60-42-48(78(16,17)18)41-59(66(60)90-72(96)84(29)30)101-57-39-46(76(10,11)12)37-55(64(57)88-70(94)82(25)26)99-53-35-44(74(4,5)6)33-51(97-49)62(53)86-68(92)80(21)22/h31-42H,1-30H3. The number of hydrogen-bond donors (Lipinski definition) is 0. The summed E-state index contributed by atoms with van der Waals surface area (Å²) in [6.45, 7) is 40.0. The van der Waals surface area contributed by atoms with Crippen LogP contribution in [0.3, 0.4) is 0 Å². The molecule has 0 aliphatic rings. The van der Waals surface area contributed by atoms with Crippen molar-refractivity contribution in [3.8, 4) is 34.5 Å². The minimum absolute atomic E-state index is 0.260. The minimum Gasteiger partial charge on any atom is -0.429 e. The summed E-state index contributed by atoms with van der Waals surface area (Å²) in [5.41, 5.74) is 3.93. The van der Waals surface area contributed by atoms with Crippen molar-refractivity contribution in [3.05, 3.63) is 106 Å². The molecule has 0 aliphatic carbocycles. The zero-order valence-corrected chi connectivity index (χ0v) is 74.8. The lowest BCUT2D eigenvalue weighted by Gasteiger charge is -2.24. The highest BCUT2D eigenvalue weighted by molar-refractivity contribution is 7.81. The van der Waals surface area contributed by atoms with Gasteiger partial charge < -0.3 is 57.8 Å². The number of benzene rings is 6. The maximum absolute atomic E-state index is 7.17. The summed E-state index contributed by atoms with van der Waals surface area (Å²) in [7, 11) is 22.7. The number of ether oxygens (including phenoxy) is 6. The minimum atomic E-state index is -0.386. The van der Waals surface area contributed by atoms with Crippen LogP contribution in [0, 0.1) is 0 Å². The Morgan fingerprint density at radius 2 is 0.294 bits per heavy atom. The number of thiocarbonyl (C=S) groups is 6. The Hall–Kier alpha value is -5.22. The van der Waals surface area contributed by atoms with Gasteiger partial charge in [-0.25, -0.2) is 0 Å². The van der Waals surface area contributed by atoms with E-state index in [2.05, 4.69) is 197 Å². The average Bonchev–Trinajstić information content (AvgIpc) is 0.767. The van der Waals surface area contributed by atoms with Crippen LogP contribution in [0.5, 0.6) is 34.5 Å². The van der Waals surface area contributed by atoms with Crippen LogP contribution in [-0.2, 0) is 32.5 Å². The van der Waals surface area contributed by atoms with E-state index in [9.17, 15) is 0 Å². The van der Waals surface area contributed by atoms with Crippen LogP contribution in [0.25, 0.3) is 56.4 Å². The molecule has 1 heterocycles. The Morgan fingerprint density at radius 3 is 0.363 bits per heavy atom. The van der Waals surface area contributed by atoms with Crippen molar-refractivity contribution in [1.82, 2.24) is 29.4 Å². The Balaban J connectivity index is 2.13. The molecule has 24 heteroatoms. The predicted octanol–water partition coefficient (Wildman–Crippen LogP) is 23.2. The quantitative estimate of drug-likeness (QED) is 0.148. The van der Waals surface area contributed by atoms with E-state index in [0.29, 0.717) is 34.5 Å². The third-order valence-electron chi connectivity index (χ3n) is 16.0.